The molecule has 0 bridgehead atoms. The number of halogens is 6. The van der Waals surface area contributed by atoms with Gasteiger partial charge in [0.1, 0.15) is 0 Å². The lowest BCUT2D eigenvalue weighted by Crippen LogP contribution is -2.09. The van der Waals surface area contributed by atoms with Crippen LogP contribution in [0.1, 0.15) is 15.9 Å². The maximum absolute atomic E-state index is 13.5. The minimum Gasteiger partial charge on any atom is -0.288 e. The summed E-state index contributed by atoms with van der Waals surface area (Å²) in [5.74, 6) is -8.49. The average Bonchev–Trinajstić information content (AvgIpc) is 2.43. The van der Waals surface area contributed by atoms with Crippen molar-refractivity contribution in [3.63, 3.8) is 0 Å². The van der Waals surface area contributed by atoms with Crippen molar-refractivity contribution < 1.29 is 22.4 Å². The van der Waals surface area contributed by atoms with Crippen LogP contribution in [-0.2, 0) is 0 Å². The van der Waals surface area contributed by atoms with E-state index in [0.717, 1.165) is 6.07 Å². The van der Waals surface area contributed by atoms with Crippen molar-refractivity contribution >= 4 is 29.0 Å². The molecule has 0 aromatic heterocycles. The molecule has 0 aliphatic rings. The van der Waals surface area contributed by atoms with E-state index in [9.17, 15) is 22.4 Å². The van der Waals surface area contributed by atoms with Crippen LogP contribution in [0.4, 0.5) is 17.6 Å². The molecule has 2 aromatic carbocycles. The van der Waals surface area contributed by atoms with Crippen molar-refractivity contribution in [1.29, 1.82) is 0 Å². The molecule has 2 aromatic rings. The Labute approximate surface area is 120 Å². The summed E-state index contributed by atoms with van der Waals surface area (Å²) in [7, 11) is 0. The van der Waals surface area contributed by atoms with E-state index in [4.69, 9.17) is 23.2 Å². The molecule has 0 fully saturated rings. The quantitative estimate of drug-likeness (QED) is 0.336. The first-order valence-corrected chi connectivity index (χ1v) is 5.91. The molecule has 0 spiro atoms. The van der Waals surface area contributed by atoms with Crippen LogP contribution in [0.3, 0.4) is 0 Å². The Morgan fingerprint density at radius 2 is 1.50 bits per heavy atom. The van der Waals surface area contributed by atoms with Gasteiger partial charge in [0.2, 0.25) is 0 Å². The van der Waals surface area contributed by atoms with E-state index >= 15 is 0 Å². The summed E-state index contributed by atoms with van der Waals surface area (Å²) >= 11 is 11.3. The monoisotopic (exact) mass is 322 g/mol. The van der Waals surface area contributed by atoms with Gasteiger partial charge in [-0.1, -0.05) is 23.2 Å². The summed E-state index contributed by atoms with van der Waals surface area (Å²) in [5, 5.41) is 0.168. The highest BCUT2D eigenvalue weighted by Crippen LogP contribution is 2.26. The fourth-order valence-corrected chi connectivity index (χ4v) is 1.83. The van der Waals surface area contributed by atoms with E-state index in [1.165, 1.54) is 12.1 Å². The Bertz CT molecular complexity index is 716. The second kappa shape index (κ2) is 5.42. The molecule has 0 amide bonds. The molecule has 7 heteroatoms. The first-order chi connectivity index (χ1) is 9.32. The number of hydrogen-bond donors (Lipinski definition) is 0. The van der Waals surface area contributed by atoms with Crippen LogP contribution in [0.5, 0.6) is 0 Å². The largest absolute Gasteiger partial charge is 0.288 e. The molecule has 0 saturated carbocycles. The second-order valence-electron chi connectivity index (χ2n) is 3.81. The van der Waals surface area contributed by atoms with E-state index in [1.807, 2.05) is 0 Å². The molecule has 0 aliphatic carbocycles. The van der Waals surface area contributed by atoms with Crippen LogP contribution < -0.4 is 0 Å². The van der Waals surface area contributed by atoms with Gasteiger partial charge in [-0.25, -0.2) is 17.6 Å². The maximum atomic E-state index is 13.5. The highest BCUT2D eigenvalue weighted by molar-refractivity contribution is 6.42. The van der Waals surface area contributed by atoms with E-state index in [2.05, 4.69) is 0 Å². The van der Waals surface area contributed by atoms with Gasteiger partial charge >= 0.3 is 0 Å². The number of carbonyl (C=O) groups is 1. The summed E-state index contributed by atoms with van der Waals surface area (Å²) in [6, 6.07) is 3.88. The lowest BCUT2D eigenvalue weighted by atomic mass is 10.0. The number of rotatable bonds is 2. The first-order valence-electron chi connectivity index (χ1n) is 5.15. The third-order valence-electron chi connectivity index (χ3n) is 2.53. The molecule has 0 N–H and O–H groups in total. The molecule has 1 nitrogen and oxygen atoms in total. The minimum absolute atomic E-state index is 0.0148. The Morgan fingerprint density at radius 3 is 2.10 bits per heavy atom. The number of ketones is 1. The standard InChI is InChI=1S/C13H4Cl2F4O/c14-7-2-1-5(3-8(7)15)13(20)6-4-9(16)11(18)12(19)10(6)17/h1-4H. The van der Waals surface area contributed by atoms with Crippen LogP contribution in [-0.4, -0.2) is 5.78 Å². The zero-order valence-corrected chi connectivity index (χ0v) is 11.0. The predicted molar refractivity (Wildman–Crippen MR) is 66.2 cm³/mol. The smallest absolute Gasteiger partial charge is 0.198 e. The van der Waals surface area contributed by atoms with Gasteiger partial charge in [0, 0.05) is 5.56 Å². The summed E-state index contributed by atoms with van der Waals surface area (Å²) in [6.07, 6.45) is 0. The number of hydrogen-bond acceptors (Lipinski definition) is 1. The Hall–Kier alpha value is -1.59. The van der Waals surface area contributed by atoms with Gasteiger partial charge in [0.25, 0.3) is 0 Å². The fraction of sp³-hybridized carbons (Fsp3) is 0. The Kier molecular flexibility index (Phi) is 4.01. The van der Waals surface area contributed by atoms with Gasteiger partial charge in [0.05, 0.1) is 15.6 Å². The van der Waals surface area contributed by atoms with E-state index in [1.54, 1.807) is 0 Å². The van der Waals surface area contributed by atoms with Crippen molar-refractivity contribution in [3.05, 3.63) is 68.7 Å². The van der Waals surface area contributed by atoms with Crippen molar-refractivity contribution in [2.45, 2.75) is 0 Å². The summed E-state index contributed by atoms with van der Waals surface area (Å²) < 4.78 is 52.5. The molecule has 0 aliphatic heterocycles. The number of benzene rings is 2. The third kappa shape index (κ3) is 2.51. The highest BCUT2D eigenvalue weighted by Gasteiger charge is 2.24. The van der Waals surface area contributed by atoms with Crippen LogP contribution in [0.15, 0.2) is 24.3 Å². The molecule has 0 radical (unpaired) electrons. The van der Waals surface area contributed by atoms with Gasteiger partial charge in [0.15, 0.2) is 29.1 Å². The van der Waals surface area contributed by atoms with E-state index in [0.29, 0.717) is 6.07 Å². The molecule has 104 valence electrons. The Morgan fingerprint density at radius 1 is 0.850 bits per heavy atom. The maximum Gasteiger partial charge on any atom is 0.198 e. The van der Waals surface area contributed by atoms with Crippen LogP contribution in [0, 0.1) is 23.3 Å². The molecule has 0 atom stereocenters. The van der Waals surface area contributed by atoms with Crippen molar-refractivity contribution in [2.75, 3.05) is 0 Å². The number of carbonyl (C=O) groups excluding carboxylic acids is 1. The van der Waals surface area contributed by atoms with Gasteiger partial charge < -0.3 is 0 Å². The lowest BCUT2D eigenvalue weighted by Gasteiger charge is -2.06. The molecular weight excluding hydrogens is 319 g/mol. The molecule has 0 heterocycles. The summed E-state index contributed by atoms with van der Waals surface area (Å²) in [4.78, 5) is 11.9. The van der Waals surface area contributed by atoms with Gasteiger partial charge in [-0.3, -0.25) is 4.79 Å². The van der Waals surface area contributed by atoms with Crippen molar-refractivity contribution in [1.82, 2.24) is 0 Å². The first kappa shape index (κ1) is 14.8. The SMILES string of the molecule is O=C(c1ccc(Cl)c(Cl)c1)c1cc(F)c(F)c(F)c1F. The third-order valence-corrected chi connectivity index (χ3v) is 3.27. The van der Waals surface area contributed by atoms with Crippen molar-refractivity contribution in [2.24, 2.45) is 0 Å². The average molecular weight is 323 g/mol. The molecule has 0 saturated heterocycles. The Balaban J connectivity index is 2.56. The second-order valence-corrected chi connectivity index (χ2v) is 4.62. The molecule has 20 heavy (non-hydrogen) atoms. The topological polar surface area (TPSA) is 17.1 Å². The molecular formula is C13H4Cl2F4O. The normalized spacial score (nSPS) is 10.7. The predicted octanol–water partition coefficient (Wildman–Crippen LogP) is 4.78. The minimum atomic E-state index is -2.05. The summed E-state index contributed by atoms with van der Waals surface area (Å²) in [5.41, 5.74) is -1.07. The van der Waals surface area contributed by atoms with Crippen LogP contribution in [0.2, 0.25) is 10.0 Å². The van der Waals surface area contributed by atoms with Gasteiger partial charge in [-0.15, -0.1) is 0 Å². The van der Waals surface area contributed by atoms with Crippen LogP contribution >= 0.6 is 23.2 Å². The van der Waals surface area contributed by atoms with Crippen molar-refractivity contribution in [3.8, 4) is 0 Å². The zero-order chi connectivity index (χ0) is 15.0. The molecule has 0 unspecified atom stereocenters. The van der Waals surface area contributed by atoms with Gasteiger partial charge in [-0.05, 0) is 24.3 Å². The lowest BCUT2D eigenvalue weighted by molar-refractivity contribution is 0.103. The zero-order valence-electron chi connectivity index (χ0n) is 9.49. The fourth-order valence-electron chi connectivity index (χ4n) is 1.53. The van der Waals surface area contributed by atoms with Crippen LogP contribution in [0.25, 0.3) is 0 Å². The summed E-state index contributed by atoms with van der Waals surface area (Å²) in [6.45, 7) is 0. The van der Waals surface area contributed by atoms with E-state index in [-0.39, 0.29) is 15.6 Å². The van der Waals surface area contributed by atoms with Gasteiger partial charge in [-0.2, -0.15) is 0 Å². The highest BCUT2D eigenvalue weighted by atomic mass is 35.5. The van der Waals surface area contributed by atoms with E-state index < -0.39 is 34.6 Å². The molecule has 2 rings (SSSR count).